The van der Waals surface area contributed by atoms with Crippen LogP contribution in [0.15, 0.2) is 60.7 Å². The second kappa shape index (κ2) is 10.2. The molecule has 0 aliphatic rings. The lowest BCUT2D eigenvalue weighted by molar-refractivity contribution is -0.116. The second-order valence-corrected chi connectivity index (χ2v) is 8.27. The number of benzene rings is 2. The van der Waals surface area contributed by atoms with Crippen LogP contribution in [0.2, 0.25) is 0 Å². The summed E-state index contributed by atoms with van der Waals surface area (Å²) >= 11 is 1.43. The van der Waals surface area contributed by atoms with Crippen LogP contribution in [-0.2, 0) is 16.0 Å². The number of amides is 1. The van der Waals surface area contributed by atoms with E-state index >= 15 is 0 Å². The number of anilines is 1. The predicted octanol–water partition coefficient (Wildman–Crippen LogP) is 5.96. The van der Waals surface area contributed by atoms with Crippen molar-refractivity contribution in [3.8, 4) is 0 Å². The number of carbonyl (C=O) groups is 2. The fourth-order valence-corrected chi connectivity index (χ4v) is 4.82. The highest BCUT2D eigenvalue weighted by Crippen LogP contribution is 2.35. The van der Waals surface area contributed by atoms with E-state index in [1.165, 1.54) is 11.3 Å². The molecule has 4 nitrogen and oxygen atoms in total. The third kappa shape index (κ3) is 4.97. The van der Waals surface area contributed by atoms with Crippen LogP contribution in [-0.4, -0.2) is 18.5 Å². The number of esters is 1. The normalized spacial score (nSPS) is 10.8. The molecule has 0 saturated carbocycles. The van der Waals surface area contributed by atoms with Gasteiger partial charge in [0.2, 0.25) is 5.91 Å². The van der Waals surface area contributed by atoms with Crippen molar-refractivity contribution >= 4 is 28.2 Å². The molecule has 1 amide bonds. The van der Waals surface area contributed by atoms with Crippen molar-refractivity contribution in [1.82, 2.24) is 0 Å². The lowest BCUT2D eigenvalue weighted by Crippen LogP contribution is -2.18. The molecule has 2 aromatic carbocycles. The molecule has 0 radical (unpaired) electrons. The number of hydrogen-bond acceptors (Lipinski definition) is 4. The average Bonchev–Trinajstić information content (AvgIpc) is 3.08. The Balaban J connectivity index is 1.87. The van der Waals surface area contributed by atoms with Crippen LogP contribution >= 0.6 is 11.3 Å². The summed E-state index contributed by atoms with van der Waals surface area (Å²) in [5.74, 6) is -0.566. The topological polar surface area (TPSA) is 55.4 Å². The van der Waals surface area contributed by atoms with Crippen LogP contribution < -0.4 is 5.32 Å². The Morgan fingerprint density at radius 3 is 2.03 bits per heavy atom. The number of rotatable bonds is 8. The molecule has 156 valence electrons. The lowest BCUT2D eigenvalue weighted by Gasteiger charge is -2.18. The van der Waals surface area contributed by atoms with Crippen molar-refractivity contribution in [2.24, 2.45) is 0 Å². The maximum absolute atomic E-state index is 13.1. The molecule has 1 aromatic heterocycles. The van der Waals surface area contributed by atoms with Crippen molar-refractivity contribution < 1.29 is 14.3 Å². The van der Waals surface area contributed by atoms with Crippen LogP contribution in [0.1, 0.15) is 58.1 Å². The summed E-state index contributed by atoms with van der Waals surface area (Å²) < 4.78 is 5.24. The maximum Gasteiger partial charge on any atom is 0.341 e. The van der Waals surface area contributed by atoms with Crippen LogP contribution in [0.25, 0.3) is 0 Å². The Morgan fingerprint density at radius 2 is 1.53 bits per heavy atom. The Labute approximate surface area is 181 Å². The van der Waals surface area contributed by atoms with Crippen LogP contribution in [0.4, 0.5) is 5.00 Å². The molecule has 3 aromatic rings. The fraction of sp³-hybridized carbons (Fsp3) is 0.280. The smallest absolute Gasteiger partial charge is 0.341 e. The van der Waals surface area contributed by atoms with E-state index in [4.69, 9.17) is 4.74 Å². The third-order valence-corrected chi connectivity index (χ3v) is 6.15. The Morgan fingerprint density at radius 1 is 0.967 bits per heavy atom. The molecule has 0 fully saturated rings. The summed E-state index contributed by atoms with van der Waals surface area (Å²) in [6.45, 7) is 6.06. The van der Waals surface area contributed by atoms with Crippen LogP contribution in [0.5, 0.6) is 0 Å². The number of thiophene rings is 1. The van der Waals surface area contributed by atoms with E-state index in [1.54, 1.807) is 6.92 Å². The number of nitrogens with one attached hydrogen (secondary N) is 1. The van der Waals surface area contributed by atoms with Crippen LogP contribution in [0.3, 0.4) is 0 Å². The first kappa shape index (κ1) is 21.8. The van der Waals surface area contributed by atoms with Gasteiger partial charge < -0.3 is 10.1 Å². The van der Waals surface area contributed by atoms with Gasteiger partial charge in [-0.3, -0.25) is 4.79 Å². The molecule has 0 unspecified atom stereocenters. The van der Waals surface area contributed by atoms with Crippen molar-refractivity contribution in [3.05, 3.63) is 87.8 Å². The number of ether oxygens (including phenoxy) is 1. The van der Waals surface area contributed by atoms with Gasteiger partial charge in [-0.05, 0) is 37.0 Å². The van der Waals surface area contributed by atoms with E-state index in [0.29, 0.717) is 23.6 Å². The van der Waals surface area contributed by atoms with Gasteiger partial charge in [0.15, 0.2) is 0 Å². The first-order valence-electron chi connectivity index (χ1n) is 10.2. The fourth-order valence-electron chi connectivity index (χ4n) is 3.67. The Bertz CT molecular complexity index is 956. The highest BCUT2D eigenvalue weighted by Gasteiger charge is 2.25. The zero-order valence-electron chi connectivity index (χ0n) is 17.6. The molecule has 0 bridgehead atoms. The zero-order chi connectivity index (χ0) is 21.5. The molecule has 0 spiro atoms. The zero-order valence-corrected chi connectivity index (χ0v) is 18.4. The summed E-state index contributed by atoms with van der Waals surface area (Å²) in [4.78, 5) is 26.6. The van der Waals surface area contributed by atoms with E-state index in [1.807, 2.05) is 74.5 Å². The highest BCUT2D eigenvalue weighted by molar-refractivity contribution is 7.16. The number of carbonyl (C=O) groups excluding carboxylic acids is 2. The van der Waals surface area contributed by atoms with Crippen molar-refractivity contribution in [3.63, 3.8) is 0 Å². The van der Waals surface area contributed by atoms with E-state index < -0.39 is 0 Å². The Kier molecular flexibility index (Phi) is 7.41. The van der Waals surface area contributed by atoms with E-state index in [0.717, 1.165) is 21.6 Å². The monoisotopic (exact) mass is 421 g/mol. The molecule has 0 saturated heterocycles. The predicted molar refractivity (Wildman–Crippen MR) is 122 cm³/mol. The maximum atomic E-state index is 13.1. The van der Waals surface area contributed by atoms with Gasteiger partial charge in [0.05, 0.1) is 12.2 Å². The van der Waals surface area contributed by atoms with Gasteiger partial charge in [-0.1, -0.05) is 67.6 Å². The summed E-state index contributed by atoms with van der Waals surface area (Å²) in [7, 11) is 0. The minimum atomic E-state index is -0.378. The van der Waals surface area contributed by atoms with E-state index in [-0.39, 0.29) is 24.2 Å². The van der Waals surface area contributed by atoms with Gasteiger partial charge in [0.1, 0.15) is 5.00 Å². The second-order valence-electron chi connectivity index (χ2n) is 7.04. The quantitative estimate of drug-likeness (QED) is 0.457. The molecule has 0 aliphatic carbocycles. The largest absolute Gasteiger partial charge is 0.462 e. The van der Waals surface area contributed by atoms with E-state index in [9.17, 15) is 9.59 Å². The van der Waals surface area contributed by atoms with Crippen LogP contribution in [0, 0.1) is 6.92 Å². The SMILES string of the molecule is CCOC(=O)c1c(NC(=O)CC(c2ccccc2)c2ccccc2)sc(C)c1CC. The standard InChI is InChI=1S/C25H27NO3S/c1-4-20-17(3)30-24(23(20)25(28)29-5-2)26-22(27)16-21(18-12-8-6-9-13-18)19-14-10-7-11-15-19/h6-15,21H,4-5,16H2,1-3H3,(H,26,27). The van der Waals surface area contributed by atoms with Gasteiger partial charge in [0.25, 0.3) is 0 Å². The molecule has 5 heteroatoms. The van der Waals surface area contributed by atoms with Gasteiger partial charge in [0, 0.05) is 17.2 Å². The molecule has 30 heavy (non-hydrogen) atoms. The summed E-state index contributed by atoms with van der Waals surface area (Å²) in [6, 6.07) is 20.0. The minimum Gasteiger partial charge on any atom is -0.462 e. The van der Waals surface area contributed by atoms with Gasteiger partial charge in [-0.25, -0.2) is 4.79 Å². The summed E-state index contributed by atoms with van der Waals surface area (Å²) in [5.41, 5.74) is 3.60. The van der Waals surface area contributed by atoms with Crippen molar-refractivity contribution in [2.75, 3.05) is 11.9 Å². The van der Waals surface area contributed by atoms with Gasteiger partial charge in [-0.15, -0.1) is 11.3 Å². The molecule has 3 rings (SSSR count). The molecular weight excluding hydrogens is 394 g/mol. The van der Waals surface area contributed by atoms with Crippen molar-refractivity contribution in [2.45, 2.75) is 39.5 Å². The number of aryl methyl sites for hydroxylation is 1. The lowest BCUT2D eigenvalue weighted by atomic mass is 9.88. The van der Waals surface area contributed by atoms with Gasteiger partial charge >= 0.3 is 5.97 Å². The average molecular weight is 422 g/mol. The van der Waals surface area contributed by atoms with Gasteiger partial charge in [-0.2, -0.15) is 0 Å². The molecular formula is C25H27NO3S. The molecule has 0 atom stereocenters. The highest BCUT2D eigenvalue weighted by atomic mass is 32.1. The summed E-state index contributed by atoms with van der Waals surface area (Å²) in [5, 5.41) is 3.57. The summed E-state index contributed by atoms with van der Waals surface area (Å²) in [6.07, 6.45) is 0.998. The number of hydrogen-bond donors (Lipinski definition) is 1. The van der Waals surface area contributed by atoms with E-state index in [2.05, 4.69) is 5.32 Å². The first-order valence-corrected chi connectivity index (χ1v) is 11.1. The molecule has 1 N–H and O–H groups in total. The Hall–Kier alpha value is -2.92. The minimum absolute atomic E-state index is 0.0647. The molecule has 0 aliphatic heterocycles. The van der Waals surface area contributed by atoms with Crippen molar-refractivity contribution in [1.29, 1.82) is 0 Å². The first-order chi connectivity index (χ1) is 14.5. The third-order valence-electron chi connectivity index (χ3n) is 5.09. The molecule has 1 heterocycles.